The highest BCUT2D eigenvalue weighted by Crippen LogP contribution is 2.50. The monoisotopic (exact) mass is 284 g/mol. The van der Waals surface area contributed by atoms with Crippen molar-refractivity contribution >= 4 is 21.9 Å². The number of hydrogen-bond acceptors (Lipinski definition) is 1. The Morgan fingerprint density at radius 1 is 0.864 bits per heavy atom. The van der Waals surface area contributed by atoms with Gasteiger partial charge in [-0.25, -0.2) is 4.98 Å². The van der Waals surface area contributed by atoms with E-state index in [1.165, 1.54) is 38.5 Å². The zero-order chi connectivity index (χ0) is 14.9. The summed E-state index contributed by atoms with van der Waals surface area (Å²) in [5.41, 5.74) is 7.71. The molecule has 0 bridgehead atoms. The maximum atomic E-state index is 4.45. The number of benzene rings is 2. The Hall–Kier alpha value is -2.61. The Labute approximate surface area is 128 Å². The van der Waals surface area contributed by atoms with E-state index in [9.17, 15) is 0 Å². The highest BCUT2D eigenvalue weighted by atomic mass is 14.8. The number of H-pyrrole nitrogens is 1. The SMILES string of the molecule is CC1(C)c2ccccc2-c2cc3[nH]c4ncccc4c3cc21. The predicted molar refractivity (Wildman–Crippen MR) is 91.2 cm³/mol. The Balaban J connectivity index is 1.95. The minimum atomic E-state index is 0.0475. The van der Waals surface area contributed by atoms with E-state index in [1.54, 1.807) is 0 Å². The number of hydrogen-bond donors (Lipinski definition) is 1. The average Bonchev–Trinajstić information content (AvgIpc) is 3.00. The molecule has 0 saturated heterocycles. The molecule has 2 heteroatoms. The summed E-state index contributed by atoms with van der Waals surface area (Å²) in [5.74, 6) is 0. The third kappa shape index (κ3) is 1.32. The summed E-state index contributed by atoms with van der Waals surface area (Å²) in [6.45, 7) is 4.63. The van der Waals surface area contributed by atoms with Crippen LogP contribution in [-0.2, 0) is 5.41 Å². The minimum absolute atomic E-state index is 0.0475. The minimum Gasteiger partial charge on any atom is -0.339 e. The number of nitrogens with one attached hydrogen (secondary N) is 1. The third-order valence-corrected chi connectivity index (χ3v) is 5.07. The molecule has 0 radical (unpaired) electrons. The van der Waals surface area contributed by atoms with Crippen molar-refractivity contribution in [3.8, 4) is 11.1 Å². The molecule has 2 aromatic carbocycles. The average molecular weight is 284 g/mol. The van der Waals surface area contributed by atoms with Crippen LogP contribution in [0.1, 0.15) is 25.0 Å². The van der Waals surface area contributed by atoms with Gasteiger partial charge >= 0.3 is 0 Å². The number of nitrogens with zero attached hydrogens (tertiary/aromatic N) is 1. The molecule has 1 N–H and O–H groups in total. The van der Waals surface area contributed by atoms with Gasteiger partial charge in [-0.05, 0) is 46.5 Å². The van der Waals surface area contributed by atoms with Crippen molar-refractivity contribution in [2.75, 3.05) is 0 Å². The molecule has 4 aromatic rings. The quantitative estimate of drug-likeness (QED) is 0.482. The molecule has 0 saturated carbocycles. The molecule has 1 aliphatic carbocycles. The first-order valence-corrected chi connectivity index (χ1v) is 7.67. The second-order valence-electron chi connectivity index (χ2n) is 6.64. The van der Waals surface area contributed by atoms with Crippen LogP contribution in [0.4, 0.5) is 0 Å². The number of aromatic amines is 1. The summed E-state index contributed by atoms with van der Waals surface area (Å²) >= 11 is 0. The maximum Gasteiger partial charge on any atom is 0.138 e. The molecule has 22 heavy (non-hydrogen) atoms. The summed E-state index contributed by atoms with van der Waals surface area (Å²) in [4.78, 5) is 7.90. The fraction of sp³-hybridized carbons (Fsp3) is 0.150. The molecule has 2 aromatic heterocycles. The molecule has 0 atom stereocenters. The Morgan fingerprint density at radius 2 is 1.73 bits per heavy atom. The van der Waals surface area contributed by atoms with Crippen LogP contribution in [0.3, 0.4) is 0 Å². The molecule has 2 nitrogen and oxygen atoms in total. The maximum absolute atomic E-state index is 4.45. The molecule has 1 aliphatic rings. The molecule has 0 spiro atoms. The van der Waals surface area contributed by atoms with Gasteiger partial charge in [-0.1, -0.05) is 38.1 Å². The molecular weight excluding hydrogens is 268 g/mol. The van der Waals surface area contributed by atoms with Crippen molar-refractivity contribution < 1.29 is 0 Å². The predicted octanol–water partition coefficient (Wildman–Crippen LogP) is 5.02. The van der Waals surface area contributed by atoms with E-state index in [4.69, 9.17) is 0 Å². The molecule has 0 fully saturated rings. The standard InChI is InChI=1S/C20H16N2/c1-20(2)16-8-4-3-6-12(16)14-11-18-15(10-17(14)20)13-7-5-9-21-19(13)22-18/h3-11H,1-2H3,(H,21,22). The lowest BCUT2D eigenvalue weighted by atomic mass is 9.82. The second-order valence-corrected chi connectivity index (χ2v) is 6.64. The summed E-state index contributed by atoms with van der Waals surface area (Å²) in [6.07, 6.45) is 1.84. The van der Waals surface area contributed by atoms with E-state index in [-0.39, 0.29) is 5.41 Å². The number of rotatable bonds is 0. The van der Waals surface area contributed by atoms with Crippen molar-refractivity contribution in [3.63, 3.8) is 0 Å². The molecule has 0 unspecified atom stereocenters. The van der Waals surface area contributed by atoms with Crippen molar-refractivity contribution in [2.45, 2.75) is 19.3 Å². The van der Waals surface area contributed by atoms with Gasteiger partial charge in [-0.3, -0.25) is 0 Å². The van der Waals surface area contributed by atoms with E-state index in [1.807, 2.05) is 12.3 Å². The first-order chi connectivity index (χ1) is 10.7. The Kier molecular flexibility index (Phi) is 2.06. The molecule has 106 valence electrons. The highest BCUT2D eigenvalue weighted by molar-refractivity contribution is 6.08. The van der Waals surface area contributed by atoms with Gasteiger partial charge in [0.1, 0.15) is 5.65 Å². The number of fused-ring (bicyclic) bond motifs is 6. The van der Waals surface area contributed by atoms with Gasteiger partial charge in [0.05, 0.1) is 0 Å². The Morgan fingerprint density at radius 3 is 2.64 bits per heavy atom. The largest absolute Gasteiger partial charge is 0.339 e. The van der Waals surface area contributed by atoms with E-state index >= 15 is 0 Å². The fourth-order valence-electron chi connectivity index (χ4n) is 3.92. The first kappa shape index (κ1) is 12.0. The van der Waals surface area contributed by atoms with E-state index in [0.717, 1.165) is 5.65 Å². The van der Waals surface area contributed by atoms with E-state index < -0.39 is 0 Å². The van der Waals surface area contributed by atoms with Crippen molar-refractivity contribution in [3.05, 3.63) is 65.9 Å². The van der Waals surface area contributed by atoms with E-state index in [2.05, 4.69) is 66.3 Å². The Bertz CT molecular complexity index is 1050. The summed E-state index contributed by atoms with van der Waals surface area (Å²) in [5, 5.41) is 2.47. The lowest BCUT2D eigenvalue weighted by Gasteiger charge is -2.21. The third-order valence-electron chi connectivity index (χ3n) is 5.07. The first-order valence-electron chi connectivity index (χ1n) is 7.67. The summed E-state index contributed by atoms with van der Waals surface area (Å²) < 4.78 is 0. The normalized spacial score (nSPS) is 15.2. The topological polar surface area (TPSA) is 28.7 Å². The zero-order valence-corrected chi connectivity index (χ0v) is 12.6. The van der Waals surface area contributed by atoms with Crippen LogP contribution in [0, 0.1) is 0 Å². The van der Waals surface area contributed by atoms with Crippen LogP contribution in [0.25, 0.3) is 33.1 Å². The van der Waals surface area contributed by atoms with E-state index in [0.29, 0.717) is 0 Å². The van der Waals surface area contributed by atoms with Gasteiger partial charge in [0, 0.05) is 27.9 Å². The van der Waals surface area contributed by atoms with Crippen LogP contribution in [0.2, 0.25) is 0 Å². The number of aromatic nitrogens is 2. The van der Waals surface area contributed by atoms with Crippen LogP contribution >= 0.6 is 0 Å². The van der Waals surface area contributed by atoms with Gasteiger partial charge in [0.15, 0.2) is 0 Å². The van der Waals surface area contributed by atoms with Gasteiger partial charge in [-0.2, -0.15) is 0 Å². The lowest BCUT2D eigenvalue weighted by molar-refractivity contribution is 0.661. The second kappa shape index (κ2) is 3.77. The molecule has 0 amide bonds. The highest BCUT2D eigenvalue weighted by Gasteiger charge is 2.35. The molecule has 2 heterocycles. The summed E-state index contributed by atoms with van der Waals surface area (Å²) in [6, 6.07) is 17.5. The fourth-order valence-corrected chi connectivity index (χ4v) is 3.92. The van der Waals surface area contributed by atoms with Crippen LogP contribution in [0.5, 0.6) is 0 Å². The van der Waals surface area contributed by atoms with Gasteiger partial charge in [0.2, 0.25) is 0 Å². The number of pyridine rings is 1. The summed E-state index contributed by atoms with van der Waals surface area (Å²) in [7, 11) is 0. The van der Waals surface area contributed by atoms with Crippen molar-refractivity contribution in [1.82, 2.24) is 9.97 Å². The van der Waals surface area contributed by atoms with Crippen LogP contribution in [0.15, 0.2) is 54.7 Å². The van der Waals surface area contributed by atoms with Gasteiger partial charge in [-0.15, -0.1) is 0 Å². The van der Waals surface area contributed by atoms with Crippen molar-refractivity contribution in [1.29, 1.82) is 0 Å². The lowest BCUT2D eigenvalue weighted by Crippen LogP contribution is -2.14. The zero-order valence-electron chi connectivity index (χ0n) is 12.6. The van der Waals surface area contributed by atoms with Gasteiger partial charge < -0.3 is 4.98 Å². The molecule has 0 aliphatic heterocycles. The van der Waals surface area contributed by atoms with Crippen molar-refractivity contribution in [2.24, 2.45) is 0 Å². The molecular formula is C20H16N2. The van der Waals surface area contributed by atoms with Crippen LogP contribution < -0.4 is 0 Å². The molecule has 5 rings (SSSR count). The van der Waals surface area contributed by atoms with Gasteiger partial charge in [0.25, 0.3) is 0 Å². The van der Waals surface area contributed by atoms with Crippen LogP contribution in [-0.4, -0.2) is 9.97 Å². The smallest absolute Gasteiger partial charge is 0.138 e.